The molecule has 1 saturated heterocycles. The molecule has 0 aromatic rings. The van der Waals surface area contributed by atoms with Crippen LogP contribution in [0.4, 0.5) is 0 Å². The molecule has 1 aliphatic rings. The second-order valence-corrected chi connectivity index (χ2v) is 14.9. The van der Waals surface area contributed by atoms with Gasteiger partial charge in [0.25, 0.3) is 20.2 Å². The maximum Gasteiger partial charge on any atom is 0.266 e. The monoisotopic (exact) mass is 726 g/mol. The van der Waals surface area contributed by atoms with Gasteiger partial charge in [-0.25, -0.2) is 0 Å². The molecule has 1 rings (SSSR count). The van der Waals surface area contributed by atoms with Crippen molar-refractivity contribution in [1.82, 2.24) is 31.1 Å². The molecule has 48 heavy (non-hydrogen) atoms. The molecule has 10 N–H and O–H groups in total. The molecule has 284 valence electrons. The third kappa shape index (κ3) is 29.7. The summed E-state index contributed by atoms with van der Waals surface area (Å²) >= 11 is 0. The standard InChI is InChI=1S/C14H30N4O6S2.C12H26N4.C4H10N2/c1-3-4-5-8-18(14(16)17-11-15)13(10-26(22,23)24)7-6-12(2)9-25(19,20)21;1-3-5-7-9-16(10-8-6-4-2)12(14)15-11-13;1-2-6-4-3-5-1/h11-13H,3-10H2,1-2H3,(H3,15,16,17)(H,19,20,21)(H,22,23,24);11H,3-10H2,1-2H3,(H3,13,14,15);5-6H,1-4H2. The molecular formula is C30H66N10O6S2. The summed E-state index contributed by atoms with van der Waals surface area (Å²) in [5, 5.41) is 41.3. The van der Waals surface area contributed by atoms with Crippen LogP contribution in [0.15, 0.2) is 0 Å². The van der Waals surface area contributed by atoms with Gasteiger partial charge in [0.15, 0.2) is 11.9 Å². The van der Waals surface area contributed by atoms with Crippen LogP contribution >= 0.6 is 0 Å². The van der Waals surface area contributed by atoms with Crippen LogP contribution in [-0.2, 0) is 20.2 Å². The minimum atomic E-state index is -4.32. The van der Waals surface area contributed by atoms with Gasteiger partial charge < -0.3 is 31.1 Å². The first kappa shape index (κ1) is 47.7. The molecule has 0 saturated carbocycles. The van der Waals surface area contributed by atoms with Gasteiger partial charge in [0, 0.05) is 51.9 Å². The van der Waals surface area contributed by atoms with Crippen molar-refractivity contribution < 1.29 is 25.9 Å². The first-order valence-electron chi connectivity index (χ1n) is 17.2. The van der Waals surface area contributed by atoms with Crippen LogP contribution in [-0.4, -0.2) is 124 Å². The molecule has 0 radical (unpaired) electrons. The Hall–Kier alpha value is -2.38. The highest BCUT2D eigenvalue weighted by molar-refractivity contribution is 7.86. The molecule has 0 aliphatic carbocycles. The molecular weight excluding hydrogens is 661 g/mol. The van der Waals surface area contributed by atoms with Crippen LogP contribution in [0.25, 0.3) is 0 Å². The average Bonchev–Trinajstić information content (AvgIpc) is 3.01. The van der Waals surface area contributed by atoms with Crippen LogP contribution < -0.4 is 21.3 Å². The van der Waals surface area contributed by atoms with Crippen molar-refractivity contribution in [3.8, 4) is 0 Å². The lowest BCUT2D eigenvalue weighted by atomic mass is 10.0. The second kappa shape index (κ2) is 29.5. The highest BCUT2D eigenvalue weighted by atomic mass is 32.2. The topological polar surface area (TPSA) is 259 Å². The lowest BCUT2D eigenvalue weighted by Crippen LogP contribution is -2.49. The van der Waals surface area contributed by atoms with Crippen molar-refractivity contribution in [3.05, 3.63) is 0 Å². The Balaban J connectivity index is 0. The number of unbranched alkanes of at least 4 members (excludes halogenated alkanes) is 6. The molecule has 2 unspecified atom stereocenters. The highest BCUT2D eigenvalue weighted by Crippen LogP contribution is 2.17. The lowest BCUT2D eigenvalue weighted by molar-refractivity contribution is 0.283. The molecule has 1 fully saturated rings. The first-order chi connectivity index (χ1) is 22.6. The smallest absolute Gasteiger partial charge is 0.266 e. The molecule has 0 spiro atoms. The van der Waals surface area contributed by atoms with Gasteiger partial charge in [-0.1, -0.05) is 66.2 Å². The number of hydrogen-bond donors (Lipinski definition) is 10. The summed E-state index contributed by atoms with van der Waals surface area (Å²) in [6.07, 6.45) is 11.9. The minimum Gasteiger partial charge on any atom is -0.343 e. The third-order valence-electron chi connectivity index (χ3n) is 7.38. The van der Waals surface area contributed by atoms with E-state index in [1.54, 1.807) is 6.92 Å². The van der Waals surface area contributed by atoms with E-state index in [1.165, 1.54) is 30.6 Å². The Kier molecular flexibility index (Phi) is 29.4. The van der Waals surface area contributed by atoms with E-state index < -0.39 is 43.7 Å². The minimum absolute atomic E-state index is 0.160. The Labute approximate surface area is 290 Å². The summed E-state index contributed by atoms with van der Waals surface area (Å²) in [6, 6.07) is -0.759. The van der Waals surface area contributed by atoms with Crippen molar-refractivity contribution >= 4 is 44.8 Å². The predicted octanol–water partition coefficient (Wildman–Crippen LogP) is 3.15. The van der Waals surface area contributed by atoms with Crippen LogP contribution in [0.5, 0.6) is 0 Å². The van der Waals surface area contributed by atoms with Crippen LogP contribution in [0.2, 0.25) is 0 Å². The molecule has 1 aliphatic heterocycles. The lowest BCUT2D eigenvalue weighted by Gasteiger charge is -2.33. The Morgan fingerprint density at radius 1 is 0.708 bits per heavy atom. The number of guanidine groups is 2. The van der Waals surface area contributed by atoms with E-state index in [0.29, 0.717) is 18.9 Å². The molecule has 0 amide bonds. The van der Waals surface area contributed by atoms with E-state index >= 15 is 0 Å². The Morgan fingerprint density at radius 2 is 1.12 bits per heavy atom. The van der Waals surface area contributed by atoms with E-state index in [-0.39, 0.29) is 18.8 Å². The molecule has 16 nitrogen and oxygen atoms in total. The Bertz CT molecular complexity index is 1050. The number of nitrogens with zero attached hydrogens (tertiary/aromatic N) is 2. The quantitative estimate of drug-likeness (QED) is 0.0334. The van der Waals surface area contributed by atoms with Crippen LogP contribution in [0.1, 0.15) is 98.3 Å². The van der Waals surface area contributed by atoms with Gasteiger partial charge in [-0.2, -0.15) is 16.8 Å². The van der Waals surface area contributed by atoms with E-state index in [1.807, 2.05) is 11.8 Å². The van der Waals surface area contributed by atoms with E-state index in [9.17, 15) is 21.4 Å². The number of piperazine rings is 1. The second-order valence-electron chi connectivity index (χ2n) is 11.9. The zero-order chi connectivity index (χ0) is 36.8. The normalized spacial score (nSPS) is 14.1. The average molecular weight is 727 g/mol. The number of hydrogen-bond acceptors (Lipinski definition) is 10. The van der Waals surface area contributed by atoms with Crippen molar-refractivity contribution in [1.29, 1.82) is 21.6 Å². The van der Waals surface area contributed by atoms with E-state index in [2.05, 4.69) is 35.1 Å². The molecule has 0 bridgehead atoms. The van der Waals surface area contributed by atoms with Crippen molar-refractivity contribution in [2.45, 2.75) is 104 Å². The summed E-state index contributed by atoms with van der Waals surface area (Å²) in [5.74, 6) is -1.28. The van der Waals surface area contributed by atoms with Gasteiger partial charge in [0.1, 0.15) is 0 Å². The van der Waals surface area contributed by atoms with Gasteiger partial charge in [-0.3, -0.25) is 30.7 Å². The van der Waals surface area contributed by atoms with Gasteiger partial charge in [0.2, 0.25) is 0 Å². The Morgan fingerprint density at radius 3 is 1.50 bits per heavy atom. The van der Waals surface area contributed by atoms with E-state index in [4.69, 9.17) is 26.2 Å². The largest absolute Gasteiger partial charge is 0.343 e. The van der Waals surface area contributed by atoms with Gasteiger partial charge >= 0.3 is 0 Å². The van der Waals surface area contributed by atoms with Crippen molar-refractivity contribution in [2.24, 2.45) is 5.92 Å². The number of rotatable bonds is 22. The third-order valence-corrected chi connectivity index (χ3v) is 9.17. The zero-order valence-electron chi connectivity index (χ0n) is 29.7. The van der Waals surface area contributed by atoms with E-state index in [0.717, 1.165) is 77.6 Å². The highest BCUT2D eigenvalue weighted by Gasteiger charge is 2.27. The van der Waals surface area contributed by atoms with Gasteiger partial charge in [0.05, 0.1) is 24.2 Å². The molecule has 0 aromatic carbocycles. The fourth-order valence-electron chi connectivity index (χ4n) is 4.86. The maximum absolute atomic E-state index is 11.4. The summed E-state index contributed by atoms with van der Waals surface area (Å²) in [6.45, 7) is 14.7. The van der Waals surface area contributed by atoms with Gasteiger partial charge in [-0.05, 0) is 38.0 Å². The fourth-order valence-corrected chi connectivity index (χ4v) is 6.57. The number of nitrogens with one attached hydrogen (secondary N) is 8. The first-order valence-corrected chi connectivity index (χ1v) is 20.4. The molecule has 1 heterocycles. The molecule has 0 aromatic heterocycles. The summed E-state index contributed by atoms with van der Waals surface area (Å²) < 4.78 is 62.8. The maximum atomic E-state index is 11.4. The summed E-state index contributed by atoms with van der Waals surface area (Å²) in [4.78, 5) is 3.50. The SMILES string of the molecule is C1CNCCN1.CCCCCN(C(=N)NC=N)C(CCC(C)CS(=O)(=O)O)CS(=O)(=O)O.CCCCCN(CCCCC)C(=N)NC=N. The van der Waals surface area contributed by atoms with Crippen LogP contribution in [0, 0.1) is 27.6 Å². The van der Waals surface area contributed by atoms with Crippen molar-refractivity contribution in [3.63, 3.8) is 0 Å². The zero-order valence-corrected chi connectivity index (χ0v) is 31.3. The van der Waals surface area contributed by atoms with Crippen LogP contribution in [0.3, 0.4) is 0 Å². The fraction of sp³-hybridized carbons (Fsp3) is 0.867. The summed E-state index contributed by atoms with van der Waals surface area (Å²) in [5.41, 5.74) is 0. The molecule has 18 heteroatoms. The van der Waals surface area contributed by atoms with Crippen molar-refractivity contribution in [2.75, 3.05) is 57.3 Å². The predicted molar refractivity (Wildman–Crippen MR) is 197 cm³/mol. The molecule has 2 atom stereocenters. The summed E-state index contributed by atoms with van der Waals surface area (Å²) in [7, 11) is -8.46. The van der Waals surface area contributed by atoms with Gasteiger partial charge in [-0.15, -0.1) is 0 Å².